The number of hydrogen-bond donors (Lipinski definition) is 1. The van der Waals surface area contributed by atoms with Crippen molar-refractivity contribution in [3.63, 3.8) is 0 Å². The molecule has 1 atom stereocenters. The minimum atomic E-state index is 0.246. The lowest BCUT2D eigenvalue weighted by Gasteiger charge is -2.22. The van der Waals surface area contributed by atoms with Crippen LogP contribution in [0.15, 0.2) is 6.20 Å². The van der Waals surface area contributed by atoms with Crippen molar-refractivity contribution >= 4 is 0 Å². The van der Waals surface area contributed by atoms with Crippen LogP contribution >= 0.6 is 0 Å². The first-order valence-corrected chi connectivity index (χ1v) is 4.78. The highest BCUT2D eigenvalue weighted by molar-refractivity contribution is 5.03. The van der Waals surface area contributed by atoms with Gasteiger partial charge in [0.05, 0.1) is 5.69 Å². The molecule has 4 heteroatoms. The predicted octanol–water partition coefficient (Wildman–Crippen LogP) is 0.500. The molecule has 2 rings (SSSR count). The van der Waals surface area contributed by atoms with E-state index in [2.05, 4.69) is 22.6 Å². The van der Waals surface area contributed by atoms with Gasteiger partial charge >= 0.3 is 0 Å². The Morgan fingerprint density at radius 2 is 2.54 bits per heavy atom. The Hall–Kier alpha value is -0.900. The zero-order valence-corrected chi connectivity index (χ0v) is 8.25. The van der Waals surface area contributed by atoms with E-state index in [9.17, 15) is 0 Å². The minimum Gasteiger partial charge on any atom is -0.311 e. The van der Waals surface area contributed by atoms with Crippen molar-refractivity contribution in [3.8, 4) is 0 Å². The van der Waals surface area contributed by atoms with E-state index in [4.69, 9.17) is 0 Å². The Bertz CT molecular complexity index is 286. The maximum Gasteiger partial charge on any atom is 0.0845 e. The maximum atomic E-state index is 4.10. The Balaban J connectivity index is 2.04. The van der Waals surface area contributed by atoms with Crippen molar-refractivity contribution in [2.24, 2.45) is 7.05 Å². The second-order valence-corrected chi connectivity index (χ2v) is 4.15. The molecule has 0 saturated carbocycles. The van der Waals surface area contributed by atoms with E-state index in [0.29, 0.717) is 0 Å². The molecule has 0 amide bonds. The number of aryl methyl sites for hydroxylation is 1. The van der Waals surface area contributed by atoms with Crippen molar-refractivity contribution in [1.29, 1.82) is 0 Å². The Labute approximate surface area is 78.3 Å². The lowest BCUT2D eigenvalue weighted by Crippen LogP contribution is -2.38. The summed E-state index contributed by atoms with van der Waals surface area (Å²) in [5.41, 5.74) is 1.33. The van der Waals surface area contributed by atoms with Crippen LogP contribution in [-0.2, 0) is 13.5 Å². The van der Waals surface area contributed by atoms with Gasteiger partial charge in [-0.1, -0.05) is 5.21 Å². The molecule has 1 N–H and O–H groups in total. The minimum absolute atomic E-state index is 0.246. The number of nitrogens with one attached hydrogen (secondary N) is 1. The summed E-state index contributed by atoms with van der Waals surface area (Å²) in [5.74, 6) is 0. The van der Waals surface area contributed by atoms with Crippen LogP contribution in [0.5, 0.6) is 0 Å². The van der Waals surface area contributed by atoms with Gasteiger partial charge in [-0.05, 0) is 26.3 Å². The summed E-state index contributed by atoms with van der Waals surface area (Å²) in [6.45, 7) is 3.39. The van der Waals surface area contributed by atoms with E-state index in [1.807, 2.05) is 13.2 Å². The van der Waals surface area contributed by atoms with Crippen LogP contribution in [-0.4, -0.2) is 27.1 Å². The van der Waals surface area contributed by atoms with Gasteiger partial charge in [-0.25, -0.2) is 0 Å². The topological polar surface area (TPSA) is 42.7 Å². The van der Waals surface area contributed by atoms with Gasteiger partial charge in [0.15, 0.2) is 0 Å². The lowest BCUT2D eigenvalue weighted by molar-refractivity contribution is 0.408. The van der Waals surface area contributed by atoms with E-state index in [1.54, 1.807) is 4.68 Å². The van der Waals surface area contributed by atoms with Crippen molar-refractivity contribution in [2.75, 3.05) is 6.54 Å². The highest BCUT2D eigenvalue weighted by atomic mass is 15.4. The predicted molar refractivity (Wildman–Crippen MR) is 50.3 cm³/mol. The van der Waals surface area contributed by atoms with Gasteiger partial charge in [0.1, 0.15) is 0 Å². The van der Waals surface area contributed by atoms with E-state index >= 15 is 0 Å². The highest BCUT2D eigenvalue weighted by Gasteiger charge is 2.28. The first-order chi connectivity index (χ1) is 6.18. The van der Waals surface area contributed by atoms with Gasteiger partial charge in [-0.3, -0.25) is 4.68 Å². The third-order valence-electron chi connectivity index (χ3n) is 2.68. The quantitative estimate of drug-likeness (QED) is 0.720. The number of nitrogens with zero attached hydrogens (tertiary/aromatic N) is 3. The summed E-state index contributed by atoms with van der Waals surface area (Å²) in [5, 5.41) is 11.5. The average molecular weight is 180 g/mol. The first-order valence-electron chi connectivity index (χ1n) is 4.78. The fourth-order valence-electron chi connectivity index (χ4n) is 1.98. The van der Waals surface area contributed by atoms with Crippen LogP contribution in [0.1, 0.15) is 25.5 Å². The summed E-state index contributed by atoms with van der Waals surface area (Å²) in [6, 6.07) is 0. The summed E-state index contributed by atoms with van der Waals surface area (Å²) >= 11 is 0. The smallest absolute Gasteiger partial charge is 0.0845 e. The van der Waals surface area contributed by atoms with E-state index in [-0.39, 0.29) is 5.54 Å². The van der Waals surface area contributed by atoms with E-state index in [1.165, 1.54) is 12.8 Å². The van der Waals surface area contributed by atoms with Gasteiger partial charge in [-0.2, -0.15) is 0 Å². The largest absolute Gasteiger partial charge is 0.311 e. The molecule has 0 aromatic carbocycles. The second-order valence-electron chi connectivity index (χ2n) is 4.15. The van der Waals surface area contributed by atoms with Crippen molar-refractivity contribution in [1.82, 2.24) is 20.3 Å². The van der Waals surface area contributed by atoms with E-state index in [0.717, 1.165) is 18.7 Å². The molecule has 0 spiro atoms. The van der Waals surface area contributed by atoms with Gasteiger partial charge in [0.25, 0.3) is 0 Å². The zero-order valence-electron chi connectivity index (χ0n) is 8.25. The monoisotopic (exact) mass is 180 g/mol. The summed E-state index contributed by atoms with van der Waals surface area (Å²) < 4.78 is 1.76. The van der Waals surface area contributed by atoms with Crippen LogP contribution in [0.3, 0.4) is 0 Å². The second kappa shape index (κ2) is 3.10. The SMILES string of the molecule is Cn1cc(CC2(C)CCCN2)nn1. The third-order valence-corrected chi connectivity index (χ3v) is 2.68. The molecular weight excluding hydrogens is 164 g/mol. The Morgan fingerprint density at radius 3 is 3.08 bits per heavy atom. The molecule has 1 aromatic heterocycles. The summed E-state index contributed by atoms with van der Waals surface area (Å²) in [7, 11) is 1.90. The molecule has 0 radical (unpaired) electrons. The summed E-state index contributed by atoms with van der Waals surface area (Å²) in [4.78, 5) is 0. The van der Waals surface area contributed by atoms with Crippen molar-refractivity contribution in [2.45, 2.75) is 31.7 Å². The molecule has 13 heavy (non-hydrogen) atoms. The Kier molecular flexibility index (Phi) is 2.07. The zero-order chi connectivity index (χ0) is 9.31. The normalized spacial score (nSPS) is 28.2. The van der Waals surface area contributed by atoms with Gasteiger partial charge in [0.2, 0.25) is 0 Å². The number of rotatable bonds is 2. The van der Waals surface area contributed by atoms with Crippen LogP contribution in [0.25, 0.3) is 0 Å². The standard InChI is InChI=1S/C9H16N4/c1-9(4-3-5-10-9)6-8-7-13(2)12-11-8/h7,10H,3-6H2,1-2H3. The number of hydrogen-bond acceptors (Lipinski definition) is 3. The van der Waals surface area contributed by atoms with Gasteiger partial charge in [-0.15, -0.1) is 5.10 Å². The summed E-state index contributed by atoms with van der Waals surface area (Å²) in [6.07, 6.45) is 5.49. The molecule has 1 aliphatic rings. The molecule has 1 saturated heterocycles. The molecule has 2 heterocycles. The van der Waals surface area contributed by atoms with Crippen LogP contribution in [0.4, 0.5) is 0 Å². The fraction of sp³-hybridized carbons (Fsp3) is 0.778. The molecule has 4 nitrogen and oxygen atoms in total. The number of aromatic nitrogens is 3. The molecule has 1 fully saturated rings. The van der Waals surface area contributed by atoms with Crippen molar-refractivity contribution < 1.29 is 0 Å². The van der Waals surface area contributed by atoms with Crippen LogP contribution in [0, 0.1) is 0 Å². The molecule has 72 valence electrons. The molecule has 1 aliphatic heterocycles. The molecule has 0 bridgehead atoms. The lowest BCUT2D eigenvalue weighted by atomic mass is 9.94. The highest BCUT2D eigenvalue weighted by Crippen LogP contribution is 2.22. The van der Waals surface area contributed by atoms with E-state index < -0.39 is 0 Å². The third kappa shape index (κ3) is 1.88. The van der Waals surface area contributed by atoms with Crippen LogP contribution in [0.2, 0.25) is 0 Å². The van der Waals surface area contributed by atoms with Crippen LogP contribution < -0.4 is 5.32 Å². The maximum absolute atomic E-state index is 4.10. The fourth-order valence-corrected chi connectivity index (χ4v) is 1.98. The van der Waals surface area contributed by atoms with Crippen molar-refractivity contribution in [3.05, 3.63) is 11.9 Å². The molecular formula is C9H16N4. The average Bonchev–Trinajstić information content (AvgIpc) is 2.62. The Morgan fingerprint density at radius 1 is 1.69 bits per heavy atom. The molecule has 1 unspecified atom stereocenters. The van der Waals surface area contributed by atoms with Gasteiger partial charge in [0, 0.05) is 25.2 Å². The van der Waals surface area contributed by atoms with Gasteiger partial charge < -0.3 is 5.32 Å². The first kappa shape index (κ1) is 8.69. The molecule has 1 aromatic rings. The molecule has 0 aliphatic carbocycles.